The van der Waals surface area contributed by atoms with Crippen LogP contribution < -0.4 is 0 Å². The molecule has 4 rings (SSSR count). The number of hydrogen-bond acceptors (Lipinski definition) is 3. The van der Waals surface area contributed by atoms with E-state index in [0.717, 1.165) is 63.1 Å². The van der Waals surface area contributed by atoms with Crippen LogP contribution in [0.5, 0.6) is 0 Å². The highest BCUT2D eigenvalue weighted by Crippen LogP contribution is 2.44. The third-order valence-electron chi connectivity index (χ3n) is 6.58. The van der Waals surface area contributed by atoms with Crippen LogP contribution in [-0.4, -0.2) is 46.2 Å². The fourth-order valence-corrected chi connectivity index (χ4v) is 4.71. The molecule has 2 saturated heterocycles. The quantitative estimate of drug-likeness (QED) is 0.838. The third kappa shape index (κ3) is 3.24. The number of amides is 2. The van der Waals surface area contributed by atoms with E-state index in [9.17, 15) is 9.59 Å². The summed E-state index contributed by atoms with van der Waals surface area (Å²) in [5, 5.41) is 0. The van der Waals surface area contributed by atoms with E-state index in [4.69, 9.17) is 0 Å². The lowest BCUT2D eigenvalue weighted by molar-refractivity contribution is -0.138. The third-order valence-corrected chi connectivity index (χ3v) is 6.58. The van der Waals surface area contributed by atoms with Gasteiger partial charge < -0.3 is 9.80 Å². The molecule has 0 aromatic carbocycles. The Labute approximate surface area is 155 Å². The van der Waals surface area contributed by atoms with Gasteiger partial charge in [-0.25, -0.2) is 0 Å². The van der Waals surface area contributed by atoms with Gasteiger partial charge in [-0.15, -0.1) is 0 Å². The van der Waals surface area contributed by atoms with Gasteiger partial charge in [-0.2, -0.15) is 0 Å². The van der Waals surface area contributed by atoms with Crippen molar-refractivity contribution >= 4 is 11.8 Å². The van der Waals surface area contributed by atoms with Crippen molar-refractivity contribution in [1.29, 1.82) is 0 Å². The normalized spacial score (nSPS) is 31.4. The highest BCUT2D eigenvalue weighted by Gasteiger charge is 2.48. The SMILES string of the molecule is Cc1cccc(CN2CC[C@]3(CCCN(C(=O)[C@@H]4C[C@H]4C)CC3)C2=O)n1. The molecule has 2 amide bonds. The van der Waals surface area contributed by atoms with Crippen LogP contribution >= 0.6 is 0 Å². The lowest BCUT2D eigenvalue weighted by Crippen LogP contribution is -2.37. The average Bonchev–Trinajstić information content (AvgIpc) is 3.33. The number of carbonyl (C=O) groups is 2. The van der Waals surface area contributed by atoms with Crippen LogP contribution in [0.25, 0.3) is 0 Å². The van der Waals surface area contributed by atoms with Gasteiger partial charge >= 0.3 is 0 Å². The highest BCUT2D eigenvalue weighted by atomic mass is 16.2. The number of rotatable bonds is 3. The maximum Gasteiger partial charge on any atom is 0.229 e. The van der Waals surface area contributed by atoms with E-state index in [-0.39, 0.29) is 17.2 Å². The van der Waals surface area contributed by atoms with Crippen molar-refractivity contribution < 1.29 is 9.59 Å². The first-order chi connectivity index (χ1) is 12.5. The lowest BCUT2D eigenvalue weighted by atomic mass is 9.79. The van der Waals surface area contributed by atoms with Gasteiger partial charge in [-0.1, -0.05) is 13.0 Å². The molecule has 3 fully saturated rings. The molecule has 140 valence electrons. The summed E-state index contributed by atoms with van der Waals surface area (Å²) in [4.78, 5) is 34.3. The van der Waals surface area contributed by atoms with E-state index < -0.39 is 0 Å². The number of aromatic nitrogens is 1. The molecular formula is C21H29N3O2. The Morgan fingerprint density at radius 2 is 2.00 bits per heavy atom. The molecule has 3 aliphatic rings. The second-order valence-corrected chi connectivity index (χ2v) is 8.53. The smallest absolute Gasteiger partial charge is 0.229 e. The topological polar surface area (TPSA) is 53.5 Å². The molecule has 1 aromatic heterocycles. The Morgan fingerprint density at radius 1 is 1.23 bits per heavy atom. The van der Waals surface area contributed by atoms with E-state index in [2.05, 4.69) is 11.9 Å². The minimum absolute atomic E-state index is 0.243. The minimum atomic E-state index is -0.256. The van der Waals surface area contributed by atoms with Crippen molar-refractivity contribution in [2.75, 3.05) is 19.6 Å². The molecule has 0 unspecified atom stereocenters. The van der Waals surface area contributed by atoms with E-state index in [1.807, 2.05) is 34.9 Å². The number of hydrogen-bond donors (Lipinski definition) is 0. The number of likely N-dealkylation sites (tertiary alicyclic amines) is 2. The Balaban J connectivity index is 1.41. The molecule has 3 atom stereocenters. The van der Waals surface area contributed by atoms with E-state index in [1.165, 1.54) is 0 Å². The molecule has 26 heavy (non-hydrogen) atoms. The number of carbonyl (C=O) groups excluding carboxylic acids is 2. The fraction of sp³-hybridized carbons (Fsp3) is 0.667. The Bertz CT molecular complexity index is 719. The molecule has 0 N–H and O–H groups in total. The van der Waals surface area contributed by atoms with Crippen molar-refractivity contribution in [3.63, 3.8) is 0 Å². The van der Waals surface area contributed by atoms with Crippen LogP contribution in [0.1, 0.15) is 50.4 Å². The predicted octanol–water partition coefficient (Wildman–Crippen LogP) is 2.78. The molecule has 1 spiro atoms. The highest BCUT2D eigenvalue weighted by molar-refractivity contribution is 5.85. The van der Waals surface area contributed by atoms with Crippen LogP contribution in [-0.2, 0) is 16.1 Å². The second-order valence-electron chi connectivity index (χ2n) is 8.53. The summed E-state index contributed by atoms with van der Waals surface area (Å²) in [5.41, 5.74) is 1.69. The predicted molar refractivity (Wildman–Crippen MR) is 99.1 cm³/mol. The molecule has 1 aliphatic carbocycles. The van der Waals surface area contributed by atoms with E-state index in [0.29, 0.717) is 18.4 Å². The summed E-state index contributed by atoms with van der Waals surface area (Å²) in [5.74, 6) is 1.38. The van der Waals surface area contributed by atoms with Crippen molar-refractivity contribution in [3.05, 3.63) is 29.6 Å². The first-order valence-electron chi connectivity index (χ1n) is 9.99. The van der Waals surface area contributed by atoms with Crippen molar-refractivity contribution in [3.8, 4) is 0 Å². The first kappa shape index (κ1) is 17.5. The zero-order chi connectivity index (χ0) is 18.3. The maximum atomic E-state index is 13.2. The standard InChI is InChI=1S/C21H29N3O2/c1-15-13-18(15)19(25)23-10-4-7-21(8-11-23)9-12-24(20(21)26)14-17-6-3-5-16(2)22-17/h3,5-6,15,18H,4,7-14H2,1-2H3/t15-,18-,21-/m1/s1. The van der Waals surface area contributed by atoms with Gasteiger partial charge in [0.1, 0.15) is 0 Å². The van der Waals surface area contributed by atoms with Crippen LogP contribution in [0.4, 0.5) is 0 Å². The Morgan fingerprint density at radius 3 is 2.73 bits per heavy atom. The van der Waals surface area contributed by atoms with Crippen LogP contribution in [0.3, 0.4) is 0 Å². The molecule has 3 heterocycles. The lowest BCUT2D eigenvalue weighted by Gasteiger charge is -2.27. The molecule has 5 nitrogen and oxygen atoms in total. The largest absolute Gasteiger partial charge is 0.342 e. The van der Waals surface area contributed by atoms with Gasteiger partial charge in [0.2, 0.25) is 11.8 Å². The summed E-state index contributed by atoms with van der Waals surface area (Å²) in [6.45, 7) is 7.10. The van der Waals surface area contributed by atoms with Crippen molar-refractivity contribution in [1.82, 2.24) is 14.8 Å². The molecule has 2 aliphatic heterocycles. The maximum absolute atomic E-state index is 13.2. The Hall–Kier alpha value is -1.91. The Kier molecular flexibility index (Phi) is 4.49. The summed E-state index contributed by atoms with van der Waals surface area (Å²) in [6.07, 6.45) is 4.62. The minimum Gasteiger partial charge on any atom is -0.342 e. The summed E-state index contributed by atoms with van der Waals surface area (Å²) in [6, 6.07) is 5.98. The van der Waals surface area contributed by atoms with Gasteiger partial charge in [-0.05, 0) is 57.1 Å². The van der Waals surface area contributed by atoms with Gasteiger partial charge in [0, 0.05) is 31.2 Å². The van der Waals surface area contributed by atoms with Crippen LogP contribution in [0.15, 0.2) is 18.2 Å². The van der Waals surface area contributed by atoms with Gasteiger partial charge in [-0.3, -0.25) is 14.6 Å². The van der Waals surface area contributed by atoms with Crippen LogP contribution in [0, 0.1) is 24.2 Å². The molecule has 5 heteroatoms. The van der Waals surface area contributed by atoms with Crippen molar-refractivity contribution in [2.24, 2.45) is 17.3 Å². The van der Waals surface area contributed by atoms with E-state index >= 15 is 0 Å². The zero-order valence-corrected chi connectivity index (χ0v) is 15.9. The van der Waals surface area contributed by atoms with Gasteiger partial charge in [0.15, 0.2) is 0 Å². The van der Waals surface area contributed by atoms with Crippen molar-refractivity contribution in [2.45, 2.75) is 52.5 Å². The van der Waals surface area contributed by atoms with Gasteiger partial charge in [0.05, 0.1) is 17.7 Å². The summed E-state index contributed by atoms with van der Waals surface area (Å²) in [7, 11) is 0. The van der Waals surface area contributed by atoms with Crippen LogP contribution in [0.2, 0.25) is 0 Å². The summed E-state index contributed by atoms with van der Waals surface area (Å²) >= 11 is 0. The molecule has 0 bridgehead atoms. The molecular weight excluding hydrogens is 326 g/mol. The monoisotopic (exact) mass is 355 g/mol. The molecule has 1 aromatic rings. The fourth-order valence-electron chi connectivity index (χ4n) is 4.71. The first-order valence-corrected chi connectivity index (χ1v) is 9.99. The number of aryl methyl sites for hydroxylation is 1. The summed E-state index contributed by atoms with van der Waals surface area (Å²) < 4.78 is 0. The van der Waals surface area contributed by atoms with E-state index in [1.54, 1.807) is 0 Å². The number of pyridine rings is 1. The second kappa shape index (κ2) is 6.67. The molecule has 1 saturated carbocycles. The number of nitrogens with zero attached hydrogens (tertiary/aromatic N) is 3. The van der Waals surface area contributed by atoms with Gasteiger partial charge in [0.25, 0.3) is 0 Å². The zero-order valence-electron chi connectivity index (χ0n) is 15.9. The average molecular weight is 355 g/mol. The molecule has 0 radical (unpaired) electrons.